The molecular formula is C18H20O6. The van der Waals surface area contributed by atoms with Crippen LogP contribution in [0, 0.1) is 11.8 Å². The Morgan fingerprint density at radius 2 is 1.62 bits per heavy atom. The van der Waals surface area contributed by atoms with Crippen LogP contribution in [0.25, 0.3) is 0 Å². The van der Waals surface area contributed by atoms with E-state index in [1.807, 2.05) is 24.3 Å². The smallest absolute Gasteiger partial charge is 0.320 e. The quantitative estimate of drug-likeness (QED) is 0.475. The van der Waals surface area contributed by atoms with Crippen molar-refractivity contribution >= 4 is 17.9 Å². The predicted molar refractivity (Wildman–Crippen MR) is 83.1 cm³/mol. The van der Waals surface area contributed by atoms with Gasteiger partial charge in [-0.05, 0) is 23.5 Å². The summed E-state index contributed by atoms with van der Waals surface area (Å²) >= 11 is 0. The van der Waals surface area contributed by atoms with Gasteiger partial charge >= 0.3 is 17.9 Å². The van der Waals surface area contributed by atoms with Gasteiger partial charge in [-0.2, -0.15) is 0 Å². The third kappa shape index (κ3) is 2.46. The van der Waals surface area contributed by atoms with Gasteiger partial charge in [0.2, 0.25) is 0 Å². The van der Waals surface area contributed by atoms with E-state index in [4.69, 9.17) is 14.2 Å². The van der Waals surface area contributed by atoms with E-state index in [1.54, 1.807) is 0 Å². The van der Waals surface area contributed by atoms with Crippen molar-refractivity contribution in [1.82, 2.24) is 0 Å². The van der Waals surface area contributed by atoms with Crippen LogP contribution in [-0.4, -0.2) is 38.2 Å². The van der Waals surface area contributed by atoms with Crippen LogP contribution in [0.15, 0.2) is 24.3 Å². The van der Waals surface area contributed by atoms with Crippen molar-refractivity contribution in [3.63, 3.8) is 0 Å². The largest absolute Gasteiger partial charge is 0.468 e. The summed E-state index contributed by atoms with van der Waals surface area (Å²) in [6.07, 6.45) is 0.250. The predicted octanol–water partition coefficient (Wildman–Crippen LogP) is 1.78. The minimum absolute atomic E-state index is 0.0428. The summed E-state index contributed by atoms with van der Waals surface area (Å²) in [5.41, 5.74) is 2.14. The number of methoxy groups -OCH3 is 2. The molecule has 1 saturated carbocycles. The molecular weight excluding hydrogens is 312 g/mol. The Kier molecular flexibility index (Phi) is 4.30. The van der Waals surface area contributed by atoms with Crippen molar-refractivity contribution in [1.29, 1.82) is 0 Å². The number of carbonyl (C=O) groups excluding carboxylic acids is 3. The topological polar surface area (TPSA) is 78.9 Å². The lowest BCUT2D eigenvalue weighted by molar-refractivity contribution is -0.162. The van der Waals surface area contributed by atoms with Crippen LogP contribution in [0.4, 0.5) is 0 Å². The number of ether oxygens (including phenoxy) is 3. The molecule has 0 N–H and O–H groups in total. The maximum absolute atomic E-state index is 12.3. The Balaban J connectivity index is 2.03. The third-order valence-corrected chi connectivity index (χ3v) is 5.13. The number of fused-ring (bicyclic) bond motifs is 5. The first-order valence-corrected chi connectivity index (χ1v) is 7.91. The first-order valence-electron chi connectivity index (χ1n) is 7.91. The molecule has 6 heteroatoms. The summed E-state index contributed by atoms with van der Waals surface area (Å²) in [7, 11) is 2.51. The summed E-state index contributed by atoms with van der Waals surface area (Å²) in [4.78, 5) is 36.0. The molecule has 6 nitrogen and oxygen atoms in total. The van der Waals surface area contributed by atoms with Gasteiger partial charge in [0.05, 0.1) is 14.2 Å². The van der Waals surface area contributed by atoms with Gasteiger partial charge in [-0.1, -0.05) is 24.3 Å². The average Bonchev–Trinajstić information content (AvgIpc) is 3.07. The van der Waals surface area contributed by atoms with Crippen LogP contribution in [-0.2, 0) is 28.6 Å². The summed E-state index contributed by atoms with van der Waals surface area (Å²) in [5, 5.41) is 0. The molecule has 1 aromatic carbocycles. The van der Waals surface area contributed by atoms with Gasteiger partial charge in [0.25, 0.3) is 0 Å². The van der Waals surface area contributed by atoms with E-state index in [0.717, 1.165) is 11.1 Å². The molecule has 0 spiro atoms. The lowest BCUT2D eigenvalue weighted by Gasteiger charge is -2.26. The Hall–Kier alpha value is -2.37. The normalized spacial score (nSPS) is 26.8. The van der Waals surface area contributed by atoms with Gasteiger partial charge in [0.1, 0.15) is 6.10 Å². The van der Waals surface area contributed by atoms with Crippen molar-refractivity contribution < 1.29 is 28.6 Å². The molecule has 0 radical (unpaired) electrons. The lowest BCUT2D eigenvalue weighted by atomic mass is 9.82. The second-order valence-electron chi connectivity index (χ2n) is 6.25. The monoisotopic (exact) mass is 332 g/mol. The van der Waals surface area contributed by atoms with Crippen molar-refractivity contribution in [2.45, 2.75) is 31.3 Å². The molecule has 0 aromatic heterocycles. The van der Waals surface area contributed by atoms with Crippen molar-refractivity contribution in [2.24, 2.45) is 11.8 Å². The van der Waals surface area contributed by atoms with Crippen LogP contribution < -0.4 is 0 Å². The Labute approximate surface area is 140 Å². The Bertz CT molecular complexity index is 666. The summed E-state index contributed by atoms with van der Waals surface area (Å²) in [6, 6.07) is 7.81. The van der Waals surface area contributed by atoms with Crippen LogP contribution in [0.5, 0.6) is 0 Å². The highest BCUT2D eigenvalue weighted by Crippen LogP contribution is 2.60. The zero-order valence-corrected chi connectivity index (χ0v) is 13.9. The molecule has 0 heterocycles. The van der Waals surface area contributed by atoms with Crippen molar-refractivity contribution in [2.75, 3.05) is 14.2 Å². The fraction of sp³-hybridized carbons (Fsp3) is 0.500. The summed E-state index contributed by atoms with van der Waals surface area (Å²) < 4.78 is 15.1. The minimum atomic E-state index is -1.03. The van der Waals surface area contributed by atoms with E-state index >= 15 is 0 Å². The number of carbonyl (C=O) groups is 3. The first kappa shape index (κ1) is 16.5. The van der Waals surface area contributed by atoms with Crippen LogP contribution in [0.2, 0.25) is 0 Å². The van der Waals surface area contributed by atoms with E-state index in [0.29, 0.717) is 6.42 Å². The van der Waals surface area contributed by atoms with Gasteiger partial charge in [-0.25, -0.2) is 0 Å². The number of hydrogen-bond donors (Lipinski definition) is 0. The molecule has 128 valence electrons. The molecule has 3 rings (SSSR count). The van der Waals surface area contributed by atoms with Gasteiger partial charge in [-0.15, -0.1) is 0 Å². The third-order valence-electron chi connectivity index (χ3n) is 5.13. The van der Waals surface area contributed by atoms with Crippen molar-refractivity contribution in [3.05, 3.63) is 35.4 Å². The van der Waals surface area contributed by atoms with E-state index in [1.165, 1.54) is 21.1 Å². The van der Waals surface area contributed by atoms with Crippen LogP contribution >= 0.6 is 0 Å². The standard InChI is InChI=1S/C18H20O6/c1-9(19)24-13-8-12-10-6-4-5-7-11(10)14(13)15(12)16(17(20)22-2)18(21)23-3/h4-7,12-16H,8H2,1-3H3/t12-,13+,14-,15-/m1/s1. The molecule has 2 aliphatic carbocycles. The van der Waals surface area contributed by atoms with Crippen LogP contribution in [0.3, 0.4) is 0 Å². The fourth-order valence-corrected chi connectivity index (χ4v) is 4.38. The van der Waals surface area contributed by atoms with E-state index in [-0.39, 0.29) is 29.8 Å². The molecule has 24 heavy (non-hydrogen) atoms. The molecule has 1 fully saturated rings. The van der Waals surface area contributed by atoms with Crippen molar-refractivity contribution in [3.8, 4) is 0 Å². The molecule has 0 aliphatic heterocycles. The summed E-state index contributed by atoms with van der Waals surface area (Å²) in [6.45, 7) is 1.37. The van der Waals surface area contributed by atoms with E-state index in [2.05, 4.69) is 0 Å². The number of esters is 3. The Morgan fingerprint density at radius 1 is 1.04 bits per heavy atom. The maximum atomic E-state index is 12.3. The minimum Gasteiger partial charge on any atom is -0.468 e. The Morgan fingerprint density at radius 3 is 2.17 bits per heavy atom. The van der Waals surface area contributed by atoms with E-state index in [9.17, 15) is 14.4 Å². The molecule has 1 aromatic rings. The number of hydrogen-bond acceptors (Lipinski definition) is 6. The van der Waals surface area contributed by atoms with Gasteiger partial charge < -0.3 is 14.2 Å². The van der Waals surface area contributed by atoms with Crippen LogP contribution in [0.1, 0.15) is 36.3 Å². The van der Waals surface area contributed by atoms with Gasteiger partial charge in [0, 0.05) is 18.8 Å². The zero-order valence-electron chi connectivity index (χ0n) is 13.9. The highest BCUT2D eigenvalue weighted by molar-refractivity contribution is 5.95. The second-order valence-corrected chi connectivity index (χ2v) is 6.25. The highest BCUT2D eigenvalue weighted by atomic mass is 16.5. The second kappa shape index (κ2) is 6.26. The summed E-state index contributed by atoms with van der Waals surface area (Å²) in [5.74, 6) is -3.20. The molecule has 0 unspecified atom stereocenters. The molecule has 2 aliphatic rings. The molecule has 4 atom stereocenters. The number of rotatable bonds is 4. The fourth-order valence-electron chi connectivity index (χ4n) is 4.38. The molecule has 0 amide bonds. The molecule has 2 bridgehead atoms. The SMILES string of the molecule is COC(=O)C(C(=O)OC)[C@H]1[C@@H]2c3ccccc3[C@H]1C[C@@H]2OC(C)=O. The first-order chi connectivity index (χ1) is 11.5. The highest BCUT2D eigenvalue weighted by Gasteiger charge is 2.59. The van der Waals surface area contributed by atoms with Gasteiger partial charge in [-0.3, -0.25) is 14.4 Å². The lowest BCUT2D eigenvalue weighted by Crippen LogP contribution is -2.36. The van der Waals surface area contributed by atoms with E-state index < -0.39 is 17.9 Å². The molecule has 0 saturated heterocycles. The average molecular weight is 332 g/mol. The maximum Gasteiger partial charge on any atom is 0.320 e. The zero-order chi connectivity index (χ0) is 17.4. The number of benzene rings is 1. The van der Waals surface area contributed by atoms with Gasteiger partial charge in [0.15, 0.2) is 5.92 Å².